The van der Waals surface area contributed by atoms with Gasteiger partial charge in [-0.15, -0.1) is 0 Å². The summed E-state index contributed by atoms with van der Waals surface area (Å²) < 4.78 is 0. The molecule has 0 aliphatic carbocycles. The number of hydrogen-bond donors (Lipinski definition) is 2. The Morgan fingerprint density at radius 3 is 2.77 bits per heavy atom. The van der Waals surface area contributed by atoms with E-state index in [0.717, 1.165) is 5.57 Å². The second kappa shape index (κ2) is 3.26. The zero-order chi connectivity index (χ0) is 10.1. The standard InChI is InChI=1S/C8H12N2O3/c1-5-4-9-10-8(5,2)3-6(11)7(12)13/h4,6,11H,3H2,1-2H3,(H,12,13). The van der Waals surface area contributed by atoms with Crippen molar-refractivity contribution < 1.29 is 15.0 Å². The molecule has 0 aromatic rings. The SMILES string of the molecule is CC1=CN=NC1(C)CC(O)C(=O)O. The predicted octanol–water partition coefficient (Wildman–Crippen LogP) is 0.950. The molecule has 0 aromatic heterocycles. The van der Waals surface area contributed by atoms with Crippen molar-refractivity contribution in [2.45, 2.75) is 31.9 Å². The van der Waals surface area contributed by atoms with Gasteiger partial charge in [-0.1, -0.05) is 0 Å². The van der Waals surface area contributed by atoms with E-state index in [9.17, 15) is 4.79 Å². The van der Waals surface area contributed by atoms with E-state index < -0.39 is 17.6 Å². The van der Waals surface area contributed by atoms with Gasteiger partial charge in [0.25, 0.3) is 0 Å². The van der Waals surface area contributed by atoms with E-state index >= 15 is 0 Å². The van der Waals surface area contributed by atoms with Crippen LogP contribution in [0.5, 0.6) is 0 Å². The van der Waals surface area contributed by atoms with Crippen LogP contribution < -0.4 is 0 Å². The number of nitrogens with zero attached hydrogens (tertiary/aromatic N) is 2. The topological polar surface area (TPSA) is 82.2 Å². The molecular formula is C8H12N2O3. The molecule has 0 saturated heterocycles. The molecule has 0 bridgehead atoms. The van der Waals surface area contributed by atoms with E-state index in [0.29, 0.717) is 0 Å². The molecule has 1 aliphatic heterocycles. The van der Waals surface area contributed by atoms with Crippen LogP contribution in [0.15, 0.2) is 22.0 Å². The van der Waals surface area contributed by atoms with Crippen LogP contribution in [0.2, 0.25) is 0 Å². The van der Waals surface area contributed by atoms with Gasteiger partial charge in [0.2, 0.25) is 0 Å². The van der Waals surface area contributed by atoms with Gasteiger partial charge < -0.3 is 10.2 Å². The fraction of sp³-hybridized carbons (Fsp3) is 0.625. The number of aliphatic hydroxyl groups is 1. The highest BCUT2D eigenvalue weighted by molar-refractivity contribution is 5.72. The maximum atomic E-state index is 10.4. The molecule has 2 atom stereocenters. The lowest BCUT2D eigenvalue weighted by atomic mass is 9.89. The van der Waals surface area contributed by atoms with E-state index in [1.165, 1.54) is 0 Å². The van der Waals surface area contributed by atoms with E-state index in [4.69, 9.17) is 10.2 Å². The van der Waals surface area contributed by atoms with Crippen LogP contribution in [0, 0.1) is 0 Å². The maximum absolute atomic E-state index is 10.4. The Morgan fingerprint density at radius 2 is 2.38 bits per heavy atom. The second-order valence-electron chi connectivity index (χ2n) is 3.36. The smallest absolute Gasteiger partial charge is 0.332 e. The molecular weight excluding hydrogens is 172 g/mol. The van der Waals surface area contributed by atoms with Crippen molar-refractivity contribution in [1.29, 1.82) is 0 Å². The van der Waals surface area contributed by atoms with Crippen molar-refractivity contribution in [2.75, 3.05) is 0 Å². The molecule has 13 heavy (non-hydrogen) atoms. The van der Waals surface area contributed by atoms with Crippen molar-refractivity contribution in [3.63, 3.8) is 0 Å². The van der Waals surface area contributed by atoms with Gasteiger partial charge in [0, 0.05) is 6.42 Å². The van der Waals surface area contributed by atoms with Crippen molar-refractivity contribution in [3.05, 3.63) is 11.8 Å². The number of carboxylic acid groups (broad SMARTS) is 1. The Hall–Kier alpha value is -1.23. The summed E-state index contributed by atoms with van der Waals surface area (Å²) in [7, 11) is 0. The fourth-order valence-electron chi connectivity index (χ4n) is 1.13. The number of azo groups is 1. The van der Waals surface area contributed by atoms with Gasteiger partial charge in [-0.05, 0) is 19.4 Å². The predicted molar refractivity (Wildman–Crippen MR) is 45.3 cm³/mol. The molecule has 1 heterocycles. The third-order valence-electron chi connectivity index (χ3n) is 2.26. The highest BCUT2D eigenvalue weighted by Crippen LogP contribution is 2.31. The summed E-state index contributed by atoms with van der Waals surface area (Å²) in [6.45, 7) is 3.57. The van der Waals surface area contributed by atoms with E-state index in [-0.39, 0.29) is 6.42 Å². The number of hydrogen-bond acceptors (Lipinski definition) is 4. The number of rotatable bonds is 3. The third kappa shape index (κ3) is 1.92. The number of aliphatic hydroxyl groups excluding tert-OH is 1. The largest absolute Gasteiger partial charge is 0.479 e. The van der Waals surface area contributed by atoms with Crippen LogP contribution in [0.3, 0.4) is 0 Å². The quantitative estimate of drug-likeness (QED) is 0.685. The molecule has 0 saturated carbocycles. The summed E-state index contributed by atoms with van der Waals surface area (Å²) in [5, 5.41) is 25.2. The summed E-state index contributed by atoms with van der Waals surface area (Å²) >= 11 is 0. The maximum Gasteiger partial charge on any atom is 0.332 e. The normalized spacial score (nSPS) is 28.7. The first-order chi connectivity index (χ1) is 5.96. The van der Waals surface area contributed by atoms with Crippen LogP contribution in [-0.4, -0.2) is 27.8 Å². The first kappa shape index (κ1) is 9.85. The molecule has 2 unspecified atom stereocenters. The highest BCUT2D eigenvalue weighted by Gasteiger charge is 2.34. The summed E-state index contributed by atoms with van der Waals surface area (Å²) in [6.07, 6.45) is 0.258. The highest BCUT2D eigenvalue weighted by atomic mass is 16.4. The summed E-state index contributed by atoms with van der Waals surface area (Å²) in [4.78, 5) is 10.4. The minimum atomic E-state index is -1.38. The molecule has 0 aromatic carbocycles. The molecule has 2 N–H and O–H groups in total. The molecule has 5 nitrogen and oxygen atoms in total. The average Bonchev–Trinajstić information content (AvgIpc) is 2.32. The summed E-state index contributed by atoms with van der Waals surface area (Å²) in [6, 6.07) is 0. The van der Waals surface area contributed by atoms with Gasteiger partial charge in [0.15, 0.2) is 6.10 Å². The molecule has 0 radical (unpaired) electrons. The van der Waals surface area contributed by atoms with Crippen molar-refractivity contribution in [2.24, 2.45) is 10.2 Å². The zero-order valence-electron chi connectivity index (χ0n) is 7.56. The van der Waals surface area contributed by atoms with Crippen LogP contribution in [0.1, 0.15) is 20.3 Å². The van der Waals surface area contributed by atoms with E-state index in [2.05, 4.69) is 10.2 Å². The van der Waals surface area contributed by atoms with Gasteiger partial charge in [0.1, 0.15) is 5.54 Å². The molecule has 0 amide bonds. The third-order valence-corrected chi connectivity index (χ3v) is 2.26. The Labute approximate surface area is 75.8 Å². The van der Waals surface area contributed by atoms with Crippen molar-refractivity contribution >= 4 is 5.97 Å². The zero-order valence-corrected chi connectivity index (χ0v) is 7.56. The van der Waals surface area contributed by atoms with Gasteiger partial charge in [0.05, 0.1) is 6.20 Å². The van der Waals surface area contributed by atoms with E-state index in [1.54, 1.807) is 13.1 Å². The molecule has 1 aliphatic rings. The van der Waals surface area contributed by atoms with Gasteiger partial charge in [-0.25, -0.2) is 4.79 Å². The lowest BCUT2D eigenvalue weighted by Crippen LogP contribution is -2.32. The molecule has 0 spiro atoms. The first-order valence-electron chi connectivity index (χ1n) is 3.96. The number of aliphatic carboxylic acids is 1. The minimum Gasteiger partial charge on any atom is -0.479 e. The Kier molecular flexibility index (Phi) is 2.47. The first-order valence-corrected chi connectivity index (χ1v) is 3.96. The van der Waals surface area contributed by atoms with E-state index in [1.807, 2.05) is 6.92 Å². The van der Waals surface area contributed by atoms with Gasteiger partial charge in [-0.3, -0.25) is 0 Å². The Morgan fingerprint density at radius 1 is 1.77 bits per heavy atom. The number of carboxylic acids is 1. The van der Waals surface area contributed by atoms with Crippen molar-refractivity contribution in [1.82, 2.24) is 0 Å². The summed E-state index contributed by atoms with van der Waals surface area (Å²) in [5.41, 5.74) is 0.213. The molecule has 72 valence electrons. The monoisotopic (exact) mass is 184 g/mol. The van der Waals surface area contributed by atoms with Crippen LogP contribution in [-0.2, 0) is 4.79 Å². The number of carbonyl (C=O) groups is 1. The lowest BCUT2D eigenvalue weighted by Gasteiger charge is -2.22. The Balaban J connectivity index is 2.68. The van der Waals surface area contributed by atoms with Crippen LogP contribution >= 0.6 is 0 Å². The molecule has 0 fully saturated rings. The summed E-state index contributed by atoms with van der Waals surface area (Å²) in [5.74, 6) is -1.23. The minimum absolute atomic E-state index is 0.0637. The van der Waals surface area contributed by atoms with Gasteiger partial charge in [-0.2, -0.15) is 10.2 Å². The molecule has 1 rings (SSSR count). The fourth-order valence-corrected chi connectivity index (χ4v) is 1.13. The molecule has 5 heteroatoms. The lowest BCUT2D eigenvalue weighted by molar-refractivity contribution is -0.147. The van der Waals surface area contributed by atoms with Crippen molar-refractivity contribution in [3.8, 4) is 0 Å². The Bertz CT molecular complexity index is 285. The van der Waals surface area contributed by atoms with Crippen LogP contribution in [0.4, 0.5) is 0 Å². The second-order valence-corrected chi connectivity index (χ2v) is 3.36. The van der Waals surface area contributed by atoms with Crippen LogP contribution in [0.25, 0.3) is 0 Å². The van der Waals surface area contributed by atoms with Gasteiger partial charge >= 0.3 is 5.97 Å². The average molecular weight is 184 g/mol.